The third kappa shape index (κ3) is 7.01. The van der Waals surface area contributed by atoms with Crippen LogP contribution < -0.4 is 0 Å². The Balaban J connectivity index is 1.10. The maximum atomic E-state index is 13.9. The first-order valence-electron chi connectivity index (χ1n) is 19.3. The number of likely N-dealkylation sites (N-methyl/N-ethyl adjacent to an activating group) is 1. The van der Waals surface area contributed by atoms with Gasteiger partial charge in [-0.3, -0.25) is 9.59 Å². The second-order valence-corrected chi connectivity index (χ2v) is 15.9. The van der Waals surface area contributed by atoms with Gasteiger partial charge in [0.2, 0.25) is 11.6 Å². The zero-order valence-corrected chi connectivity index (χ0v) is 32.1. The van der Waals surface area contributed by atoms with Crippen LogP contribution in [0.1, 0.15) is 122 Å². The number of ketones is 2. The maximum absolute atomic E-state index is 13.9. The zero-order chi connectivity index (χ0) is 39.7. The third-order valence-electron chi connectivity index (χ3n) is 12.2. The molecule has 12 atom stereocenters. The van der Waals surface area contributed by atoms with Gasteiger partial charge >= 0.3 is 0 Å². The molecule has 0 amide bonds. The first-order valence-corrected chi connectivity index (χ1v) is 19.3. The van der Waals surface area contributed by atoms with Gasteiger partial charge in [0.25, 0.3) is 0 Å². The second kappa shape index (κ2) is 15.2. The van der Waals surface area contributed by atoms with E-state index in [4.69, 9.17) is 28.4 Å². The van der Waals surface area contributed by atoms with Crippen molar-refractivity contribution in [3.8, 4) is 23.0 Å². The molecule has 0 aromatic heterocycles. The van der Waals surface area contributed by atoms with E-state index in [9.17, 15) is 40.2 Å². The molecular weight excluding hydrogens is 718 g/mol. The predicted molar refractivity (Wildman–Crippen MR) is 193 cm³/mol. The molecule has 0 bridgehead atoms. The Morgan fingerprint density at radius 2 is 1.35 bits per heavy atom. The van der Waals surface area contributed by atoms with Gasteiger partial charge in [-0.1, -0.05) is 6.92 Å². The number of fused-ring (bicyclic) bond motifs is 3. The SMILES string of the molecule is CC[C@@]1(O)CCc2c(O)c3c(c(O)c2[C@H]1O[C@H]1C[C@H](N(C)C)[C@@H](O[C@H]2CC[C@H](O[C@H]4CC[C@H](O)[C@@H](C)O4)[C@@H](C)O2)[C@@H](C)O1)C(=O)c1c(O)ccc(O)c1C3=O. The molecule has 0 unspecified atom stereocenters. The summed E-state index contributed by atoms with van der Waals surface area (Å²) in [6, 6.07) is 1.89. The van der Waals surface area contributed by atoms with Crippen molar-refractivity contribution in [2.75, 3.05) is 14.1 Å². The number of nitrogens with zero attached hydrogens (tertiary/aromatic N) is 1. The summed E-state index contributed by atoms with van der Waals surface area (Å²) in [5, 5.41) is 66.5. The lowest BCUT2D eigenvalue weighted by atomic mass is 9.71. The van der Waals surface area contributed by atoms with Crippen LogP contribution in [0.5, 0.6) is 23.0 Å². The minimum absolute atomic E-state index is 0.0437. The summed E-state index contributed by atoms with van der Waals surface area (Å²) in [5.41, 5.74) is -3.48. The monoisotopic (exact) mass is 771 g/mol. The second-order valence-electron chi connectivity index (χ2n) is 15.9. The molecule has 15 nitrogen and oxygen atoms in total. The number of benzene rings is 2. The molecule has 0 spiro atoms. The molecule has 7 rings (SSSR count). The maximum Gasteiger partial charge on any atom is 0.202 e. The summed E-state index contributed by atoms with van der Waals surface area (Å²) in [7, 11) is 3.82. The summed E-state index contributed by atoms with van der Waals surface area (Å²) in [4.78, 5) is 29.5. The topological polar surface area (TPSA) is 214 Å². The van der Waals surface area contributed by atoms with E-state index in [-0.39, 0.29) is 61.2 Å². The first kappa shape index (κ1) is 39.8. The molecule has 302 valence electrons. The fourth-order valence-electron chi connectivity index (χ4n) is 8.94. The Morgan fingerprint density at radius 3 is 1.95 bits per heavy atom. The number of aliphatic hydroxyl groups is 2. The molecule has 5 aliphatic rings. The highest BCUT2D eigenvalue weighted by atomic mass is 16.7. The average Bonchev–Trinajstić information content (AvgIpc) is 3.14. The number of carbonyl (C=O) groups is 2. The van der Waals surface area contributed by atoms with Crippen molar-refractivity contribution in [2.24, 2.45) is 0 Å². The summed E-state index contributed by atoms with van der Waals surface area (Å²) < 4.78 is 38.0. The summed E-state index contributed by atoms with van der Waals surface area (Å²) in [6.45, 7) is 7.38. The summed E-state index contributed by atoms with van der Waals surface area (Å²) in [5.74, 6) is -4.25. The number of hydrogen-bond acceptors (Lipinski definition) is 15. The number of ether oxygens (including phenoxy) is 6. The Bertz CT molecular complexity index is 1820. The Hall–Kier alpha value is -3.38. The van der Waals surface area contributed by atoms with E-state index in [1.807, 2.05) is 39.8 Å². The van der Waals surface area contributed by atoms with E-state index in [1.54, 1.807) is 6.92 Å². The lowest BCUT2D eigenvalue weighted by molar-refractivity contribution is -0.319. The van der Waals surface area contributed by atoms with Crippen LogP contribution in [-0.4, -0.2) is 128 Å². The van der Waals surface area contributed by atoms with Gasteiger partial charge in [-0.2, -0.15) is 0 Å². The van der Waals surface area contributed by atoms with E-state index >= 15 is 0 Å². The largest absolute Gasteiger partial charge is 0.507 e. The van der Waals surface area contributed by atoms with Crippen LogP contribution in [0.4, 0.5) is 0 Å². The van der Waals surface area contributed by atoms with Crippen LogP contribution in [0.2, 0.25) is 0 Å². The van der Waals surface area contributed by atoms with Gasteiger partial charge in [0.1, 0.15) is 35.2 Å². The zero-order valence-electron chi connectivity index (χ0n) is 32.1. The van der Waals surface area contributed by atoms with E-state index < -0.39 is 106 Å². The molecule has 2 aromatic rings. The van der Waals surface area contributed by atoms with Crippen LogP contribution in [0.3, 0.4) is 0 Å². The highest BCUT2D eigenvalue weighted by Crippen LogP contribution is 2.54. The van der Waals surface area contributed by atoms with Gasteiger partial charge in [0.15, 0.2) is 18.9 Å². The molecule has 3 aliphatic heterocycles. The summed E-state index contributed by atoms with van der Waals surface area (Å²) in [6.07, 6.45) is -2.37. The molecule has 0 saturated carbocycles. The van der Waals surface area contributed by atoms with Crippen LogP contribution in [0.25, 0.3) is 0 Å². The number of carbonyl (C=O) groups excluding carboxylic acids is 2. The molecule has 0 radical (unpaired) electrons. The van der Waals surface area contributed by atoms with Crippen LogP contribution >= 0.6 is 0 Å². The molecule has 6 N–H and O–H groups in total. The fourth-order valence-corrected chi connectivity index (χ4v) is 8.94. The number of aromatic hydroxyl groups is 4. The minimum Gasteiger partial charge on any atom is -0.507 e. The lowest BCUT2D eigenvalue weighted by Gasteiger charge is -2.48. The Morgan fingerprint density at radius 1 is 0.764 bits per heavy atom. The van der Waals surface area contributed by atoms with Crippen molar-refractivity contribution in [1.82, 2.24) is 4.90 Å². The standard InChI is InChI=1S/C40H53NO14/c1-7-40(49)15-14-20-29(35(46)33-32(34(20)45)36(47)30-23(43)8-9-24(44)31(30)37(33)48)39(40)55-28-16-21(41(5)6)38(19(4)52-28)54-27-13-11-25(18(3)51-27)53-26-12-10-22(42)17(2)50-26/h8-9,17-19,21-22,25-28,38-39,42-46,49H,7,10-16H2,1-6H3/t17-,18-,19-,21+,22+,25+,26+,27+,28+,38+,39-,40-/m1/s1. The molecule has 2 aromatic carbocycles. The number of hydrogen-bond donors (Lipinski definition) is 6. The highest BCUT2D eigenvalue weighted by Gasteiger charge is 2.51. The van der Waals surface area contributed by atoms with Gasteiger partial charge in [-0.15, -0.1) is 0 Å². The average molecular weight is 772 g/mol. The van der Waals surface area contributed by atoms with Gasteiger partial charge in [-0.25, -0.2) is 0 Å². The first-order chi connectivity index (χ1) is 26.0. The van der Waals surface area contributed by atoms with Gasteiger partial charge < -0.3 is 64.0 Å². The van der Waals surface area contributed by atoms with Crippen LogP contribution in [0, 0.1) is 0 Å². The lowest BCUT2D eigenvalue weighted by Crippen LogP contribution is -2.57. The Labute approximate surface area is 319 Å². The predicted octanol–water partition coefficient (Wildman–Crippen LogP) is 3.68. The van der Waals surface area contributed by atoms with Crippen molar-refractivity contribution in [1.29, 1.82) is 0 Å². The molecular formula is C40H53NO14. The van der Waals surface area contributed by atoms with E-state index in [0.29, 0.717) is 25.7 Å². The summed E-state index contributed by atoms with van der Waals surface area (Å²) >= 11 is 0. The minimum atomic E-state index is -1.57. The quantitative estimate of drug-likeness (QED) is 0.180. The number of aliphatic hydroxyl groups excluding tert-OH is 1. The van der Waals surface area contributed by atoms with Crippen molar-refractivity contribution in [3.05, 3.63) is 45.5 Å². The molecule has 15 heteroatoms. The number of rotatable bonds is 8. The van der Waals surface area contributed by atoms with E-state index in [1.165, 1.54) is 0 Å². The molecule has 2 aliphatic carbocycles. The van der Waals surface area contributed by atoms with Gasteiger partial charge in [0.05, 0.1) is 58.4 Å². The molecule has 3 saturated heterocycles. The van der Waals surface area contributed by atoms with Gasteiger partial charge in [0, 0.05) is 36.4 Å². The normalized spacial score (nSPS) is 36.3. The van der Waals surface area contributed by atoms with Crippen LogP contribution in [-0.2, 0) is 34.8 Å². The van der Waals surface area contributed by atoms with Crippen molar-refractivity contribution in [2.45, 2.75) is 152 Å². The van der Waals surface area contributed by atoms with E-state index in [0.717, 1.165) is 12.1 Å². The third-order valence-corrected chi connectivity index (χ3v) is 12.2. The number of phenols is 4. The highest BCUT2D eigenvalue weighted by molar-refractivity contribution is 6.32. The van der Waals surface area contributed by atoms with Crippen LogP contribution in [0.15, 0.2) is 12.1 Å². The smallest absolute Gasteiger partial charge is 0.202 e. The van der Waals surface area contributed by atoms with Crippen molar-refractivity contribution in [3.63, 3.8) is 0 Å². The number of phenolic OH excluding ortho intramolecular Hbond substituents is 4. The fraction of sp³-hybridized carbons (Fsp3) is 0.650. The van der Waals surface area contributed by atoms with Crippen molar-refractivity contribution >= 4 is 11.6 Å². The molecule has 55 heavy (non-hydrogen) atoms. The van der Waals surface area contributed by atoms with Crippen molar-refractivity contribution < 1.29 is 68.6 Å². The molecule has 3 fully saturated rings. The Kier molecular flexibility index (Phi) is 11.0. The van der Waals surface area contributed by atoms with Gasteiger partial charge in [-0.05, 0) is 79.1 Å². The van der Waals surface area contributed by atoms with E-state index in [2.05, 4.69) is 0 Å². The molecule has 3 heterocycles.